The van der Waals surface area contributed by atoms with Crippen LogP contribution in [0.5, 0.6) is 0 Å². The molecule has 0 bridgehead atoms. The van der Waals surface area contributed by atoms with Crippen LogP contribution in [-0.2, 0) is 10.2 Å². The first-order valence-corrected chi connectivity index (χ1v) is 7.13. The van der Waals surface area contributed by atoms with Gasteiger partial charge < -0.3 is 15.5 Å². The Hall–Kier alpha value is -1.66. The predicted octanol–water partition coefficient (Wildman–Crippen LogP) is 1.57. The van der Waals surface area contributed by atoms with Crippen molar-refractivity contribution < 1.29 is 9.53 Å². The molecule has 4 N–H and O–H groups in total. The molecule has 6 nitrogen and oxygen atoms in total. The van der Waals surface area contributed by atoms with E-state index in [2.05, 4.69) is 15.7 Å². The van der Waals surface area contributed by atoms with Crippen LogP contribution in [0.3, 0.4) is 0 Å². The number of ether oxygens (including phenoxy) is 1. The van der Waals surface area contributed by atoms with Crippen molar-refractivity contribution in [1.82, 2.24) is 10.3 Å². The van der Waals surface area contributed by atoms with Gasteiger partial charge in [-0.15, -0.1) is 0 Å². The number of hydrogen-bond donors (Lipinski definition) is 3. The van der Waals surface area contributed by atoms with Crippen molar-refractivity contribution in [3.05, 3.63) is 23.4 Å². The summed E-state index contributed by atoms with van der Waals surface area (Å²) in [6.45, 7) is 9.34. The van der Waals surface area contributed by atoms with Crippen LogP contribution < -0.4 is 16.6 Å². The van der Waals surface area contributed by atoms with Crippen LogP contribution in [0.25, 0.3) is 0 Å². The second-order valence-electron chi connectivity index (χ2n) is 6.84. The standard InChI is InChI=1S/C15H24N4O2/c1-14(2,3)11-7-10(8-12(17-11)19-16)13(20)18-15(4)5-6-21-9-15/h7-8H,5-6,9,16H2,1-4H3,(H,17,19)(H,18,20). The Morgan fingerprint density at radius 2 is 2.14 bits per heavy atom. The lowest BCUT2D eigenvalue weighted by molar-refractivity contribution is 0.0889. The topological polar surface area (TPSA) is 89.3 Å². The van der Waals surface area contributed by atoms with E-state index in [1.165, 1.54) is 0 Å². The monoisotopic (exact) mass is 292 g/mol. The Labute approximate surface area is 125 Å². The van der Waals surface area contributed by atoms with Crippen LogP contribution >= 0.6 is 0 Å². The molecule has 1 aromatic heterocycles. The van der Waals surface area contributed by atoms with E-state index in [1.807, 2.05) is 33.8 Å². The van der Waals surface area contributed by atoms with Crippen LogP contribution in [0, 0.1) is 0 Å². The molecule has 1 unspecified atom stereocenters. The summed E-state index contributed by atoms with van der Waals surface area (Å²) >= 11 is 0. The number of amides is 1. The molecule has 0 saturated carbocycles. The number of nitrogens with one attached hydrogen (secondary N) is 2. The van der Waals surface area contributed by atoms with E-state index in [4.69, 9.17) is 10.6 Å². The van der Waals surface area contributed by atoms with E-state index in [0.29, 0.717) is 24.6 Å². The molecule has 2 rings (SSSR count). The lowest BCUT2D eigenvalue weighted by Crippen LogP contribution is -2.46. The summed E-state index contributed by atoms with van der Waals surface area (Å²) in [5.41, 5.74) is 3.42. The smallest absolute Gasteiger partial charge is 0.251 e. The first-order chi connectivity index (χ1) is 9.73. The van der Waals surface area contributed by atoms with Gasteiger partial charge in [0.1, 0.15) is 5.82 Å². The van der Waals surface area contributed by atoms with Gasteiger partial charge >= 0.3 is 0 Å². The number of aromatic nitrogens is 1. The number of nitrogen functional groups attached to an aromatic ring is 1. The molecule has 1 aliphatic rings. The van der Waals surface area contributed by atoms with Crippen LogP contribution in [0.4, 0.5) is 5.82 Å². The largest absolute Gasteiger partial charge is 0.379 e. The average Bonchev–Trinajstić information content (AvgIpc) is 2.83. The Bertz CT molecular complexity index is 531. The minimum absolute atomic E-state index is 0.132. The number of nitrogens with zero attached hydrogens (tertiary/aromatic N) is 1. The molecule has 1 aromatic rings. The first kappa shape index (κ1) is 15.7. The Balaban J connectivity index is 2.27. The average molecular weight is 292 g/mol. The quantitative estimate of drug-likeness (QED) is 0.581. The van der Waals surface area contributed by atoms with Gasteiger partial charge in [-0.2, -0.15) is 0 Å². The number of anilines is 1. The van der Waals surface area contributed by atoms with E-state index in [1.54, 1.807) is 6.07 Å². The fourth-order valence-electron chi connectivity index (χ4n) is 2.23. The maximum absolute atomic E-state index is 12.5. The summed E-state index contributed by atoms with van der Waals surface area (Å²) in [6, 6.07) is 3.47. The predicted molar refractivity (Wildman–Crippen MR) is 82.1 cm³/mol. The third-order valence-corrected chi connectivity index (χ3v) is 3.64. The van der Waals surface area contributed by atoms with Gasteiger partial charge in [-0.25, -0.2) is 10.8 Å². The van der Waals surface area contributed by atoms with Crippen LogP contribution in [0.15, 0.2) is 12.1 Å². The highest BCUT2D eigenvalue weighted by atomic mass is 16.5. The van der Waals surface area contributed by atoms with Crippen LogP contribution in [-0.4, -0.2) is 29.6 Å². The van der Waals surface area contributed by atoms with Crippen molar-refractivity contribution in [3.63, 3.8) is 0 Å². The third-order valence-electron chi connectivity index (χ3n) is 3.64. The third kappa shape index (κ3) is 3.71. The molecule has 0 spiro atoms. The van der Waals surface area contributed by atoms with Gasteiger partial charge in [0.25, 0.3) is 5.91 Å². The molecule has 0 aliphatic carbocycles. The van der Waals surface area contributed by atoms with Crippen molar-refractivity contribution in [2.24, 2.45) is 5.84 Å². The first-order valence-electron chi connectivity index (χ1n) is 7.13. The molecule has 1 amide bonds. The van der Waals surface area contributed by atoms with E-state index >= 15 is 0 Å². The number of hydrogen-bond acceptors (Lipinski definition) is 5. The molecule has 116 valence electrons. The molecule has 21 heavy (non-hydrogen) atoms. The minimum atomic E-state index is -0.307. The number of rotatable bonds is 3. The van der Waals surface area contributed by atoms with Gasteiger partial charge in [-0.3, -0.25) is 4.79 Å². The maximum atomic E-state index is 12.5. The number of carbonyl (C=O) groups excluding carboxylic acids is 1. The summed E-state index contributed by atoms with van der Waals surface area (Å²) in [7, 11) is 0. The molecule has 1 saturated heterocycles. The van der Waals surface area contributed by atoms with Gasteiger partial charge in [0.05, 0.1) is 12.1 Å². The molecule has 1 fully saturated rings. The molecule has 2 heterocycles. The zero-order chi connectivity index (χ0) is 15.7. The highest BCUT2D eigenvalue weighted by Gasteiger charge is 2.32. The molecule has 0 aromatic carbocycles. The van der Waals surface area contributed by atoms with E-state index in [-0.39, 0.29) is 16.9 Å². The van der Waals surface area contributed by atoms with Gasteiger partial charge in [-0.1, -0.05) is 20.8 Å². The van der Waals surface area contributed by atoms with Crippen LogP contribution in [0.2, 0.25) is 0 Å². The summed E-state index contributed by atoms with van der Waals surface area (Å²) in [4.78, 5) is 16.9. The zero-order valence-electron chi connectivity index (χ0n) is 13.1. The van der Waals surface area contributed by atoms with Gasteiger partial charge in [-0.05, 0) is 25.5 Å². The Morgan fingerprint density at radius 3 is 2.67 bits per heavy atom. The number of pyridine rings is 1. The Kier molecular flexibility index (Phi) is 4.20. The Morgan fingerprint density at radius 1 is 1.43 bits per heavy atom. The van der Waals surface area contributed by atoms with Gasteiger partial charge in [0.2, 0.25) is 0 Å². The lowest BCUT2D eigenvalue weighted by atomic mass is 9.90. The molecule has 0 radical (unpaired) electrons. The summed E-state index contributed by atoms with van der Waals surface area (Å²) in [5.74, 6) is 5.81. The van der Waals surface area contributed by atoms with Crippen molar-refractivity contribution in [2.45, 2.75) is 45.1 Å². The van der Waals surface area contributed by atoms with Crippen molar-refractivity contribution in [1.29, 1.82) is 0 Å². The van der Waals surface area contributed by atoms with Crippen molar-refractivity contribution >= 4 is 11.7 Å². The maximum Gasteiger partial charge on any atom is 0.251 e. The fourth-order valence-corrected chi connectivity index (χ4v) is 2.23. The van der Waals surface area contributed by atoms with Gasteiger partial charge in [0, 0.05) is 23.3 Å². The highest BCUT2D eigenvalue weighted by Crippen LogP contribution is 2.24. The van der Waals surface area contributed by atoms with Crippen molar-refractivity contribution in [3.8, 4) is 0 Å². The summed E-state index contributed by atoms with van der Waals surface area (Å²) in [5, 5.41) is 3.04. The van der Waals surface area contributed by atoms with Crippen LogP contribution in [0.1, 0.15) is 50.2 Å². The van der Waals surface area contributed by atoms with Gasteiger partial charge in [0.15, 0.2) is 0 Å². The minimum Gasteiger partial charge on any atom is -0.379 e. The second kappa shape index (κ2) is 5.61. The molecular formula is C15H24N4O2. The van der Waals surface area contributed by atoms with E-state index in [0.717, 1.165) is 12.1 Å². The highest BCUT2D eigenvalue weighted by molar-refractivity contribution is 5.95. The summed E-state index contributed by atoms with van der Waals surface area (Å²) < 4.78 is 5.36. The van der Waals surface area contributed by atoms with Crippen molar-refractivity contribution in [2.75, 3.05) is 18.6 Å². The summed E-state index contributed by atoms with van der Waals surface area (Å²) in [6.07, 6.45) is 0.817. The number of carbonyl (C=O) groups is 1. The fraction of sp³-hybridized carbons (Fsp3) is 0.600. The lowest BCUT2D eigenvalue weighted by Gasteiger charge is -2.24. The molecule has 1 aliphatic heterocycles. The molecule has 6 heteroatoms. The van der Waals surface area contributed by atoms with E-state index < -0.39 is 0 Å². The second-order valence-corrected chi connectivity index (χ2v) is 6.84. The zero-order valence-corrected chi connectivity index (χ0v) is 13.1. The SMILES string of the molecule is CC1(NC(=O)c2cc(NN)nc(C(C)(C)C)c2)CCOC1. The number of nitrogens with two attached hydrogens (primary N) is 1. The molecule has 1 atom stereocenters. The number of hydrazine groups is 1. The molecular weight excluding hydrogens is 268 g/mol. The van der Waals surface area contributed by atoms with E-state index in [9.17, 15) is 4.79 Å². The normalized spacial score (nSPS) is 22.1.